The van der Waals surface area contributed by atoms with E-state index in [4.69, 9.17) is 10.00 Å². The molecule has 11 heteroatoms. The van der Waals surface area contributed by atoms with Crippen LogP contribution in [-0.2, 0) is 18.9 Å². The van der Waals surface area contributed by atoms with Crippen LogP contribution in [0.15, 0.2) is 79.0 Å². The molecule has 4 aromatic rings. The van der Waals surface area contributed by atoms with Gasteiger partial charge in [-0.1, -0.05) is 30.3 Å². The highest BCUT2D eigenvalue weighted by Crippen LogP contribution is 2.37. The Labute approximate surface area is 231 Å². The molecule has 0 spiro atoms. The zero-order valence-electron chi connectivity index (χ0n) is 21.6. The van der Waals surface area contributed by atoms with Crippen LogP contribution >= 0.6 is 0 Å². The molecule has 0 fully saturated rings. The number of hydrogen-bond donors (Lipinski definition) is 0. The fourth-order valence-electron chi connectivity index (χ4n) is 4.17. The summed E-state index contributed by atoms with van der Waals surface area (Å²) in [5.41, 5.74) is -1.03. The van der Waals surface area contributed by atoms with Crippen molar-refractivity contribution in [3.8, 4) is 28.8 Å². The van der Waals surface area contributed by atoms with Gasteiger partial charge in [0.2, 0.25) is 5.88 Å². The summed E-state index contributed by atoms with van der Waals surface area (Å²) in [6.07, 6.45) is -8.79. The van der Waals surface area contributed by atoms with Gasteiger partial charge in [-0.15, -0.1) is 0 Å². The van der Waals surface area contributed by atoms with Gasteiger partial charge in [-0.2, -0.15) is 31.6 Å². The largest absolute Gasteiger partial charge is 0.439 e. The number of aryl methyl sites for hydroxylation is 1. The van der Waals surface area contributed by atoms with Crippen LogP contribution < -0.4 is 4.74 Å². The van der Waals surface area contributed by atoms with E-state index in [1.165, 1.54) is 25.4 Å². The number of amides is 1. The average Bonchev–Trinajstić information content (AvgIpc) is 2.92. The summed E-state index contributed by atoms with van der Waals surface area (Å²) in [5.74, 6) is -0.251. The number of halogens is 6. The molecule has 0 N–H and O–H groups in total. The number of nitrogens with zero attached hydrogens (tertiary/aromatic N) is 3. The molecule has 1 aromatic heterocycles. The van der Waals surface area contributed by atoms with Gasteiger partial charge in [-0.25, -0.2) is 4.98 Å². The number of nitriles is 1. The molecular weight excluding hydrogens is 548 g/mol. The van der Waals surface area contributed by atoms with Crippen molar-refractivity contribution in [1.82, 2.24) is 9.88 Å². The molecule has 1 heterocycles. The van der Waals surface area contributed by atoms with E-state index in [0.29, 0.717) is 34.6 Å². The standard InChI is InChI=1S/C30H21F6N3O2/c1-18-6-3-4-9-24(18)25-14-27(41-23-8-5-7-19(12-23)15-37)38-16-26(25)28(40)39(2)17-20-10-21(29(31,32)33)13-22(11-20)30(34,35)36/h3-14,16H,17H2,1-2H3. The fourth-order valence-corrected chi connectivity index (χ4v) is 4.17. The third-order valence-corrected chi connectivity index (χ3v) is 6.14. The number of carbonyl (C=O) groups excluding carboxylic acids is 1. The monoisotopic (exact) mass is 569 g/mol. The first kappa shape index (κ1) is 29.1. The second-order valence-electron chi connectivity index (χ2n) is 9.20. The van der Waals surface area contributed by atoms with Crippen LogP contribution in [0.25, 0.3) is 11.1 Å². The SMILES string of the molecule is Cc1ccccc1-c1cc(Oc2cccc(C#N)c2)ncc1C(=O)N(C)Cc1cc(C(F)(F)F)cc(C(F)(F)F)c1. The van der Waals surface area contributed by atoms with Gasteiger partial charge in [-0.3, -0.25) is 4.79 Å². The Morgan fingerprint density at radius 2 is 1.56 bits per heavy atom. The normalized spacial score (nSPS) is 11.6. The maximum absolute atomic E-state index is 13.5. The molecule has 4 rings (SSSR count). The summed E-state index contributed by atoms with van der Waals surface area (Å²) in [7, 11) is 1.27. The zero-order valence-corrected chi connectivity index (χ0v) is 21.6. The Kier molecular flexibility index (Phi) is 8.05. The van der Waals surface area contributed by atoms with Gasteiger partial charge in [0, 0.05) is 31.4 Å². The molecule has 5 nitrogen and oxygen atoms in total. The van der Waals surface area contributed by atoms with Gasteiger partial charge in [0.05, 0.1) is 28.3 Å². The number of rotatable bonds is 6. The Hall–Kier alpha value is -4.85. The number of ether oxygens (including phenoxy) is 1. The van der Waals surface area contributed by atoms with E-state index < -0.39 is 35.9 Å². The van der Waals surface area contributed by atoms with E-state index in [0.717, 1.165) is 10.5 Å². The molecule has 0 saturated carbocycles. The number of benzene rings is 3. The van der Waals surface area contributed by atoms with Crippen molar-refractivity contribution in [1.29, 1.82) is 5.26 Å². The lowest BCUT2D eigenvalue weighted by molar-refractivity contribution is -0.143. The molecule has 0 radical (unpaired) electrons. The van der Waals surface area contributed by atoms with Crippen molar-refractivity contribution < 1.29 is 35.9 Å². The van der Waals surface area contributed by atoms with E-state index in [2.05, 4.69) is 4.98 Å². The Bertz CT molecular complexity index is 1610. The van der Waals surface area contributed by atoms with Crippen molar-refractivity contribution >= 4 is 5.91 Å². The van der Waals surface area contributed by atoms with Crippen LogP contribution in [0.3, 0.4) is 0 Å². The summed E-state index contributed by atoms with van der Waals surface area (Å²) in [6, 6.07) is 18.2. The smallest absolute Gasteiger partial charge is 0.416 e. The van der Waals surface area contributed by atoms with Crippen molar-refractivity contribution in [2.45, 2.75) is 25.8 Å². The second kappa shape index (κ2) is 11.3. The van der Waals surface area contributed by atoms with Crippen molar-refractivity contribution in [3.05, 3.63) is 112 Å². The highest BCUT2D eigenvalue weighted by atomic mass is 19.4. The lowest BCUT2D eigenvalue weighted by atomic mass is 9.96. The van der Waals surface area contributed by atoms with Crippen LogP contribution in [-0.4, -0.2) is 22.8 Å². The molecular formula is C30H21F6N3O2. The maximum Gasteiger partial charge on any atom is 0.416 e. The molecule has 0 unspecified atom stereocenters. The van der Waals surface area contributed by atoms with Gasteiger partial charge in [0.15, 0.2) is 0 Å². The molecule has 1 amide bonds. The molecule has 210 valence electrons. The number of pyridine rings is 1. The van der Waals surface area contributed by atoms with E-state index in [9.17, 15) is 31.1 Å². The van der Waals surface area contributed by atoms with Crippen LogP contribution in [0.2, 0.25) is 0 Å². The number of aromatic nitrogens is 1. The van der Waals surface area contributed by atoms with Crippen LogP contribution in [0, 0.1) is 18.3 Å². The minimum atomic E-state index is -5.01. The predicted molar refractivity (Wildman–Crippen MR) is 138 cm³/mol. The summed E-state index contributed by atoms with van der Waals surface area (Å²) in [4.78, 5) is 18.8. The van der Waals surface area contributed by atoms with Crippen molar-refractivity contribution in [2.75, 3.05) is 7.05 Å². The van der Waals surface area contributed by atoms with E-state index in [-0.39, 0.29) is 23.1 Å². The molecule has 0 aliphatic heterocycles. The number of alkyl halides is 6. The van der Waals surface area contributed by atoms with Gasteiger partial charge < -0.3 is 9.64 Å². The van der Waals surface area contributed by atoms with Crippen LogP contribution in [0.1, 0.15) is 38.2 Å². The average molecular weight is 570 g/mol. The molecule has 3 aromatic carbocycles. The lowest BCUT2D eigenvalue weighted by Gasteiger charge is -2.21. The van der Waals surface area contributed by atoms with Crippen molar-refractivity contribution in [2.24, 2.45) is 0 Å². The van der Waals surface area contributed by atoms with Crippen molar-refractivity contribution in [3.63, 3.8) is 0 Å². The fraction of sp³-hybridized carbons (Fsp3) is 0.167. The first-order valence-corrected chi connectivity index (χ1v) is 12.0. The van der Waals surface area contributed by atoms with Crippen LogP contribution in [0.5, 0.6) is 11.6 Å². The first-order valence-electron chi connectivity index (χ1n) is 12.0. The Morgan fingerprint density at radius 3 is 2.17 bits per heavy atom. The predicted octanol–water partition coefficient (Wildman–Crippen LogP) is 8.03. The molecule has 0 atom stereocenters. The maximum atomic E-state index is 13.5. The van der Waals surface area contributed by atoms with Crippen LogP contribution in [0.4, 0.5) is 26.3 Å². The summed E-state index contributed by atoms with van der Waals surface area (Å²) < 4.78 is 85.8. The van der Waals surface area contributed by atoms with Gasteiger partial charge in [0.25, 0.3) is 5.91 Å². The zero-order chi connectivity index (χ0) is 29.9. The minimum Gasteiger partial charge on any atom is -0.439 e. The van der Waals surface area contributed by atoms with E-state index in [1.807, 2.05) is 19.1 Å². The number of carbonyl (C=O) groups is 1. The lowest BCUT2D eigenvalue weighted by Crippen LogP contribution is -2.27. The van der Waals surface area contributed by atoms with Gasteiger partial charge in [0.1, 0.15) is 5.75 Å². The van der Waals surface area contributed by atoms with E-state index >= 15 is 0 Å². The molecule has 0 bridgehead atoms. The molecule has 0 aliphatic rings. The Morgan fingerprint density at radius 1 is 0.902 bits per heavy atom. The summed E-state index contributed by atoms with van der Waals surface area (Å²) in [6.45, 7) is 1.28. The second-order valence-corrected chi connectivity index (χ2v) is 9.20. The summed E-state index contributed by atoms with van der Waals surface area (Å²) >= 11 is 0. The minimum absolute atomic E-state index is 0.0383. The van der Waals surface area contributed by atoms with Gasteiger partial charge >= 0.3 is 12.4 Å². The summed E-state index contributed by atoms with van der Waals surface area (Å²) in [5, 5.41) is 9.14. The quantitative estimate of drug-likeness (QED) is 0.221. The number of hydrogen-bond acceptors (Lipinski definition) is 4. The first-order chi connectivity index (χ1) is 19.3. The highest BCUT2D eigenvalue weighted by Gasteiger charge is 2.37. The Balaban J connectivity index is 1.72. The topological polar surface area (TPSA) is 66.2 Å². The molecule has 0 saturated heterocycles. The third-order valence-electron chi connectivity index (χ3n) is 6.14. The molecule has 41 heavy (non-hydrogen) atoms. The van der Waals surface area contributed by atoms with Gasteiger partial charge in [-0.05, 0) is 60.0 Å². The van der Waals surface area contributed by atoms with E-state index in [1.54, 1.807) is 36.4 Å². The third kappa shape index (κ3) is 6.84. The highest BCUT2D eigenvalue weighted by molar-refractivity contribution is 6.01. The molecule has 0 aliphatic carbocycles.